The zero-order chi connectivity index (χ0) is 20.9. The fourth-order valence-corrected chi connectivity index (χ4v) is 5.36. The number of allylic oxidation sites excluding steroid dienone is 2. The minimum absolute atomic E-state index is 0.384. The first-order chi connectivity index (χ1) is 14.4. The number of rotatable bonds is 3. The van der Waals surface area contributed by atoms with Crippen LogP contribution in [0.3, 0.4) is 0 Å². The summed E-state index contributed by atoms with van der Waals surface area (Å²) >= 11 is 0. The summed E-state index contributed by atoms with van der Waals surface area (Å²) < 4.78 is 0. The number of nitrogens with one attached hydrogen (secondary N) is 2. The minimum atomic E-state index is 0.384. The second-order valence-corrected chi connectivity index (χ2v) is 9.78. The van der Waals surface area contributed by atoms with Gasteiger partial charge in [0.25, 0.3) is 5.95 Å². The number of anilines is 1. The molecule has 0 amide bonds. The van der Waals surface area contributed by atoms with E-state index in [2.05, 4.69) is 76.7 Å². The summed E-state index contributed by atoms with van der Waals surface area (Å²) in [5.74, 6) is 2.15. The lowest BCUT2D eigenvalue weighted by molar-refractivity contribution is 0.149. The third-order valence-corrected chi connectivity index (χ3v) is 7.27. The molecule has 2 aliphatic rings. The molecule has 0 radical (unpaired) electrons. The van der Waals surface area contributed by atoms with Crippen molar-refractivity contribution in [2.45, 2.75) is 53.4 Å². The summed E-state index contributed by atoms with van der Waals surface area (Å²) in [5, 5.41) is 14.2. The molecule has 3 aromatic rings. The Balaban J connectivity index is 1.33. The van der Waals surface area contributed by atoms with Crippen molar-refractivity contribution in [3.8, 4) is 0 Å². The van der Waals surface area contributed by atoms with Crippen molar-refractivity contribution in [2.75, 3.05) is 5.43 Å². The summed E-state index contributed by atoms with van der Waals surface area (Å²) in [4.78, 5) is 7.94. The molecule has 30 heavy (non-hydrogen) atoms. The van der Waals surface area contributed by atoms with E-state index >= 15 is 0 Å². The molecule has 2 heterocycles. The van der Waals surface area contributed by atoms with Gasteiger partial charge < -0.3 is 4.98 Å². The third-order valence-electron chi connectivity index (χ3n) is 7.27. The second-order valence-electron chi connectivity index (χ2n) is 9.78. The lowest BCUT2D eigenvalue weighted by Crippen LogP contribution is -2.36. The number of hydrogen-bond acceptors (Lipinski definition) is 5. The van der Waals surface area contributed by atoms with E-state index in [4.69, 9.17) is 0 Å². The van der Waals surface area contributed by atoms with E-state index in [0.717, 1.165) is 22.1 Å². The summed E-state index contributed by atoms with van der Waals surface area (Å²) in [6.07, 6.45) is 9.42. The van der Waals surface area contributed by atoms with Crippen LogP contribution in [-0.2, 0) is 0 Å². The fraction of sp³-hybridized carbons (Fsp3) is 0.500. The average Bonchev–Trinajstić information content (AvgIpc) is 3.08. The van der Waals surface area contributed by atoms with E-state index < -0.39 is 0 Å². The highest BCUT2D eigenvalue weighted by molar-refractivity contribution is 6.04. The molecule has 1 aromatic carbocycles. The Bertz CT molecular complexity index is 1160. The summed E-state index contributed by atoms with van der Waals surface area (Å²) in [7, 11) is 0. The van der Waals surface area contributed by atoms with Crippen LogP contribution in [0.5, 0.6) is 0 Å². The SMILES string of the molecule is Cc1cccc2c1[nH]c1nc(N/N=C/[C@H]3C[C@@H]4C(=CCCC4(C)C)C[C@@H]3C)nnc12. The highest BCUT2D eigenvalue weighted by atomic mass is 15.4. The van der Waals surface area contributed by atoms with Crippen LogP contribution in [0.1, 0.15) is 52.0 Å². The number of hydrogen-bond donors (Lipinski definition) is 2. The van der Waals surface area contributed by atoms with Gasteiger partial charge in [-0.3, -0.25) is 0 Å². The molecule has 2 aromatic heterocycles. The minimum Gasteiger partial charge on any atom is -0.337 e. The van der Waals surface area contributed by atoms with Crippen LogP contribution >= 0.6 is 0 Å². The van der Waals surface area contributed by atoms with Gasteiger partial charge in [-0.2, -0.15) is 10.1 Å². The molecule has 0 spiro atoms. The van der Waals surface area contributed by atoms with Gasteiger partial charge in [-0.15, -0.1) is 10.2 Å². The van der Waals surface area contributed by atoms with Gasteiger partial charge in [-0.1, -0.05) is 50.6 Å². The van der Waals surface area contributed by atoms with Crippen molar-refractivity contribution >= 4 is 34.2 Å². The maximum atomic E-state index is 4.58. The predicted octanol–water partition coefficient (Wildman–Crippen LogP) is 5.62. The summed E-state index contributed by atoms with van der Waals surface area (Å²) in [6.45, 7) is 9.26. The molecule has 5 rings (SSSR count). The maximum Gasteiger partial charge on any atom is 0.265 e. The molecular formula is C24H30N6. The van der Waals surface area contributed by atoms with Crippen LogP contribution in [0.2, 0.25) is 0 Å². The monoisotopic (exact) mass is 402 g/mol. The summed E-state index contributed by atoms with van der Waals surface area (Å²) in [5.41, 5.74) is 8.82. The number of H-pyrrole nitrogens is 1. The highest BCUT2D eigenvalue weighted by Crippen LogP contribution is 2.50. The average molecular weight is 403 g/mol. The van der Waals surface area contributed by atoms with Crippen LogP contribution < -0.4 is 5.43 Å². The molecule has 0 unspecified atom stereocenters. The number of benzene rings is 1. The van der Waals surface area contributed by atoms with Gasteiger partial charge in [0.2, 0.25) is 0 Å². The Labute approximate surface area is 177 Å². The normalized spacial score (nSPS) is 26.1. The van der Waals surface area contributed by atoms with E-state index in [0.29, 0.717) is 29.1 Å². The molecule has 6 heteroatoms. The topological polar surface area (TPSA) is 78.9 Å². The molecule has 6 nitrogen and oxygen atoms in total. The molecule has 2 aliphatic carbocycles. The highest BCUT2D eigenvalue weighted by Gasteiger charge is 2.40. The Morgan fingerprint density at radius 1 is 1.27 bits per heavy atom. The summed E-state index contributed by atoms with van der Waals surface area (Å²) in [6, 6.07) is 6.15. The zero-order valence-electron chi connectivity index (χ0n) is 18.2. The lowest BCUT2D eigenvalue weighted by Gasteiger charge is -2.46. The van der Waals surface area contributed by atoms with Crippen LogP contribution in [-0.4, -0.2) is 26.4 Å². The molecule has 0 saturated heterocycles. The van der Waals surface area contributed by atoms with Crippen molar-refractivity contribution in [1.82, 2.24) is 20.2 Å². The van der Waals surface area contributed by atoms with E-state index in [-0.39, 0.29) is 0 Å². The Kier molecular flexibility index (Phi) is 4.60. The van der Waals surface area contributed by atoms with Crippen molar-refractivity contribution < 1.29 is 0 Å². The Morgan fingerprint density at radius 2 is 2.13 bits per heavy atom. The smallest absolute Gasteiger partial charge is 0.265 e. The van der Waals surface area contributed by atoms with Crippen LogP contribution in [0, 0.1) is 30.1 Å². The molecule has 0 aliphatic heterocycles. The van der Waals surface area contributed by atoms with Gasteiger partial charge in [0.05, 0.1) is 5.52 Å². The van der Waals surface area contributed by atoms with Crippen LogP contribution in [0.15, 0.2) is 34.9 Å². The van der Waals surface area contributed by atoms with Crippen molar-refractivity contribution in [1.29, 1.82) is 0 Å². The van der Waals surface area contributed by atoms with Gasteiger partial charge in [0.1, 0.15) is 5.52 Å². The zero-order valence-corrected chi connectivity index (χ0v) is 18.2. The number of aromatic nitrogens is 4. The first-order valence-electron chi connectivity index (χ1n) is 11.0. The van der Waals surface area contributed by atoms with Gasteiger partial charge in [-0.05, 0) is 61.3 Å². The number of nitrogens with zero attached hydrogens (tertiary/aromatic N) is 4. The first kappa shape index (κ1) is 19.2. The molecular weight excluding hydrogens is 372 g/mol. The van der Waals surface area contributed by atoms with E-state index in [1.807, 2.05) is 12.1 Å². The van der Waals surface area contributed by atoms with Crippen LogP contribution in [0.25, 0.3) is 22.1 Å². The van der Waals surface area contributed by atoms with Gasteiger partial charge in [-0.25, -0.2) is 5.43 Å². The first-order valence-corrected chi connectivity index (χ1v) is 11.0. The fourth-order valence-electron chi connectivity index (χ4n) is 5.36. The van der Waals surface area contributed by atoms with Gasteiger partial charge >= 0.3 is 0 Å². The van der Waals surface area contributed by atoms with E-state index in [9.17, 15) is 0 Å². The molecule has 2 N–H and O–H groups in total. The molecule has 156 valence electrons. The van der Waals surface area contributed by atoms with Crippen molar-refractivity contribution in [3.63, 3.8) is 0 Å². The molecule has 3 atom stereocenters. The molecule has 1 saturated carbocycles. The third kappa shape index (κ3) is 3.28. The van der Waals surface area contributed by atoms with Crippen molar-refractivity contribution in [2.24, 2.45) is 28.3 Å². The molecule has 0 bridgehead atoms. The largest absolute Gasteiger partial charge is 0.337 e. The number of aryl methyl sites for hydroxylation is 1. The van der Waals surface area contributed by atoms with Crippen LogP contribution in [0.4, 0.5) is 5.95 Å². The number of hydrazone groups is 1. The number of aromatic amines is 1. The number of fused-ring (bicyclic) bond motifs is 4. The Morgan fingerprint density at radius 3 is 3.00 bits per heavy atom. The Hall–Kier alpha value is -2.76. The lowest BCUT2D eigenvalue weighted by atomic mass is 9.59. The van der Waals surface area contributed by atoms with Gasteiger partial charge in [0.15, 0.2) is 5.65 Å². The van der Waals surface area contributed by atoms with Crippen molar-refractivity contribution in [3.05, 3.63) is 35.4 Å². The van der Waals surface area contributed by atoms with E-state index in [1.54, 1.807) is 5.57 Å². The quantitative estimate of drug-likeness (QED) is 0.338. The predicted molar refractivity (Wildman–Crippen MR) is 123 cm³/mol. The maximum absolute atomic E-state index is 4.58. The van der Waals surface area contributed by atoms with E-state index in [1.165, 1.54) is 31.2 Å². The molecule has 1 fully saturated rings. The number of para-hydroxylation sites is 1. The second kappa shape index (κ2) is 7.18. The van der Waals surface area contributed by atoms with Gasteiger partial charge in [0, 0.05) is 11.6 Å². The standard InChI is InChI=1S/C24H30N6/c1-14-7-5-9-18-20(14)26-22-21(18)28-30-23(27-22)29-25-13-17-12-19-16(11-15(17)2)8-6-10-24(19,3)4/h5,7-9,13,15,17,19H,6,10-12H2,1-4H3,(H2,26,27,29,30)/b25-13+/t15-,17+,19+/m0/s1.